The number of aliphatic hydroxyl groups is 3. The molecule has 0 aromatic rings. The van der Waals surface area contributed by atoms with Crippen LogP contribution in [0.1, 0.15) is 20.3 Å². The maximum atomic E-state index is 9.96. The summed E-state index contributed by atoms with van der Waals surface area (Å²) in [5.74, 6) is 0. The second kappa shape index (κ2) is 12.7. The van der Waals surface area contributed by atoms with Gasteiger partial charge in [0.1, 0.15) is 12.2 Å². The summed E-state index contributed by atoms with van der Waals surface area (Å²) in [6.07, 6.45) is -1.53. The summed E-state index contributed by atoms with van der Waals surface area (Å²) in [5, 5.41) is 29.0. The molecule has 0 aromatic carbocycles. The van der Waals surface area contributed by atoms with Crippen molar-refractivity contribution in [2.45, 2.75) is 57.1 Å². The zero-order valence-corrected chi connectivity index (χ0v) is 15.1. The molecule has 3 N–H and O–H groups in total. The average Bonchev–Trinajstić information content (AvgIpc) is 2.57. The fraction of sp³-hybridized carbons (Fsp3) is 0.882. The first-order valence-electron chi connectivity index (χ1n) is 8.63. The molecule has 148 valence electrons. The van der Waals surface area contributed by atoms with E-state index in [-0.39, 0.29) is 38.6 Å². The molecule has 0 spiro atoms. The minimum atomic E-state index is -1.09. The molecule has 0 aliphatic carbocycles. The van der Waals surface area contributed by atoms with Crippen molar-refractivity contribution in [1.82, 2.24) is 0 Å². The third-order valence-corrected chi connectivity index (χ3v) is 3.53. The smallest absolute Gasteiger partial charge is 0.183 e. The maximum Gasteiger partial charge on any atom is 0.183 e. The predicted octanol–water partition coefficient (Wildman–Crippen LogP) is -0.155. The lowest BCUT2D eigenvalue weighted by atomic mass is 10.1. The number of rotatable bonds is 13. The Hall–Kier alpha value is -0.580. The minimum absolute atomic E-state index is 0.118. The van der Waals surface area contributed by atoms with E-state index in [9.17, 15) is 15.3 Å². The Balaban J connectivity index is 2.30. The summed E-state index contributed by atoms with van der Waals surface area (Å²) in [7, 11) is 0. The van der Waals surface area contributed by atoms with Crippen molar-refractivity contribution in [3.05, 3.63) is 12.7 Å². The SMILES string of the molecule is C=CCOCC(O)COC(C)COC1C(OCC(C)O)CCO[C@H]1O. The van der Waals surface area contributed by atoms with E-state index >= 15 is 0 Å². The first kappa shape index (κ1) is 22.5. The molecule has 0 bridgehead atoms. The number of aliphatic hydroxyl groups excluding tert-OH is 3. The van der Waals surface area contributed by atoms with Gasteiger partial charge in [-0.25, -0.2) is 0 Å². The van der Waals surface area contributed by atoms with Crippen LogP contribution in [-0.4, -0.2) is 91.8 Å². The van der Waals surface area contributed by atoms with Gasteiger partial charge in [-0.05, 0) is 20.3 Å². The fourth-order valence-corrected chi connectivity index (χ4v) is 2.28. The van der Waals surface area contributed by atoms with Crippen molar-refractivity contribution in [2.75, 3.05) is 39.6 Å². The average molecular weight is 364 g/mol. The lowest BCUT2D eigenvalue weighted by Gasteiger charge is -2.35. The Morgan fingerprint density at radius 3 is 2.60 bits per heavy atom. The highest BCUT2D eigenvalue weighted by atomic mass is 16.7. The molecule has 1 saturated heterocycles. The van der Waals surface area contributed by atoms with Gasteiger partial charge in [0.15, 0.2) is 6.29 Å². The lowest BCUT2D eigenvalue weighted by Crippen LogP contribution is -2.49. The highest BCUT2D eigenvalue weighted by Gasteiger charge is 2.35. The summed E-state index contributed by atoms with van der Waals surface area (Å²) < 4.78 is 27.1. The van der Waals surface area contributed by atoms with Gasteiger partial charge in [0.2, 0.25) is 0 Å². The Morgan fingerprint density at radius 2 is 1.92 bits per heavy atom. The number of ether oxygens (including phenoxy) is 5. The monoisotopic (exact) mass is 364 g/mol. The van der Waals surface area contributed by atoms with Gasteiger partial charge in [-0.1, -0.05) is 6.08 Å². The van der Waals surface area contributed by atoms with Gasteiger partial charge in [-0.15, -0.1) is 6.58 Å². The molecular formula is C17H32O8. The van der Waals surface area contributed by atoms with Crippen LogP contribution in [-0.2, 0) is 23.7 Å². The molecule has 1 aliphatic heterocycles. The highest BCUT2D eigenvalue weighted by molar-refractivity contribution is 4.79. The van der Waals surface area contributed by atoms with Crippen molar-refractivity contribution in [1.29, 1.82) is 0 Å². The van der Waals surface area contributed by atoms with Gasteiger partial charge < -0.3 is 39.0 Å². The molecule has 0 saturated carbocycles. The van der Waals surface area contributed by atoms with Crippen molar-refractivity contribution in [3.8, 4) is 0 Å². The standard InChI is InChI=1S/C17H32O8/c1-4-6-21-10-14(19)11-23-13(3)9-25-16-15(24-8-12(2)18)5-7-22-17(16)20/h4,12-20H,1,5-11H2,2-3H3/t12?,13?,14?,15?,16?,17-/m1/s1. The van der Waals surface area contributed by atoms with Crippen LogP contribution >= 0.6 is 0 Å². The Morgan fingerprint density at radius 1 is 1.16 bits per heavy atom. The topological polar surface area (TPSA) is 107 Å². The van der Waals surface area contributed by atoms with E-state index in [4.69, 9.17) is 23.7 Å². The Labute approximate surface area is 149 Å². The van der Waals surface area contributed by atoms with Crippen LogP contribution in [0.25, 0.3) is 0 Å². The van der Waals surface area contributed by atoms with Crippen LogP contribution < -0.4 is 0 Å². The fourth-order valence-electron chi connectivity index (χ4n) is 2.28. The van der Waals surface area contributed by atoms with Gasteiger partial charge in [0, 0.05) is 0 Å². The molecular weight excluding hydrogens is 332 g/mol. The van der Waals surface area contributed by atoms with E-state index in [2.05, 4.69) is 6.58 Å². The van der Waals surface area contributed by atoms with E-state index in [0.29, 0.717) is 19.6 Å². The number of hydrogen-bond acceptors (Lipinski definition) is 8. The second-order valence-electron chi connectivity index (χ2n) is 6.19. The quantitative estimate of drug-likeness (QED) is 0.306. The van der Waals surface area contributed by atoms with E-state index in [1.165, 1.54) is 0 Å². The summed E-state index contributed by atoms with van der Waals surface area (Å²) in [6.45, 7) is 8.37. The summed E-state index contributed by atoms with van der Waals surface area (Å²) >= 11 is 0. The molecule has 0 radical (unpaired) electrons. The van der Waals surface area contributed by atoms with Crippen LogP contribution in [0.5, 0.6) is 0 Å². The molecule has 8 heteroatoms. The summed E-state index contributed by atoms with van der Waals surface area (Å²) in [6, 6.07) is 0. The molecule has 25 heavy (non-hydrogen) atoms. The lowest BCUT2D eigenvalue weighted by molar-refractivity contribution is -0.251. The largest absolute Gasteiger partial charge is 0.391 e. The van der Waals surface area contributed by atoms with E-state index in [1.54, 1.807) is 19.9 Å². The molecule has 6 atom stereocenters. The van der Waals surface area contributed by atoms with E-state index < -0.39 is 24.6 Å². The molecule has 1 heterocycles. The third-order valence-electron chi connectivity index (χ3n) is 3.53. The molecule has 0 aromatic heterocycles. The first-order valence-corrected chi connectivity index (χ1v) is 8.63. The molecule has 1 aliphatic rings. The van der Waals surface area contributed by atoms with Gasteiger partial charge in [-0.2, -0.15) is 0 Å². The predicted molar refractivity (Wildman–Crippen MR) is 90.2 cm³/mol. The summed E-state index contributed by atoms with van der Waals surface area (Å²) in [5.41, 5.74) is 0. The molecule has 1 fully saturated rings. The van der Waals surface area contributed by atoms with Crippen LogP contribution in [0.2, 0.25) is 0 Å². The van der Waals surface area contributed by atoms with Gasteiger partial charge in [-0.3, -0.25) is 0 Å². The minimum Gasteiger partial charge on any atom is -0.391 e. The van der Waals surface area contributed by atoms with Crippen molar-refractivity contribution >= 4 is 0 Å². The Bertz CT molecular complexity index is 352. The number of hydrogen-bond donors (Lipinski definition) is 3. The highest BCUT2D eigenvalue weighted by Crippen LogP contribution is 2.20. The first-order chi connectivity index (χ1) is 11.9. The van der Waals surface area contributed by atoms with Gasteiger partial charge in [0.05, 0.1) is 58.0 Å². The van der Waals surface area contributed by atoms with E-state index in [0.717, 1.165) is 0 Å². The third kappa shape index (κ3) is 9.62. The molecule has 0 amide bonds. The zero-order valence-electron chi connectivity index (χ0n) is 15.1. The zero-order chi connectivity index (χ0) is 18.7. The van der Waals surface area contributed by atoms with Gasteiger partial charge >= 0.3 is 0 Å². The molecule has 5 unspecified atom stereocenters. The van der Waals surface area contributed by atoms with E-state index in [1.807, 2.05) is 0 Å². The van der Waals surface area contributed by atoms with Crippen LogP contribution in [0, 0.1) is 0 Å². The normalized spacial score (nSPS) is 27.6. The Kier molecular flexibility index (Phi) is 11.4. The molecule has 8 nitrogen and oxygen atoms in total. The maximum absolute atomic E-state index is 9.96. The van der Waals surface area contributed by atoms with Crippen LogP contribution in [0.4, 0.5) is 0 Å². The molecule has 1 rings (SSSR count). The van der Waals surface area contributed by atoms with Crippen molar-refractivity contribution in [2.24, 2.45) is 0 Å². The van der Waals surface area contributed by atoms with Gasteiger partial charge in [0.25, 0.3) is 0 Å². The second-order valence-corrected chi connectivity index (χ2v) is 6.19. The van der Waals surface area contributed by atoms with Crippen molar-refractivity contribution in [3.63, 3.8) is 0 Å². The van der Waals surface area contributed by atoms with Crippen LogP contribution in [0.3, 0.4) is 0 Å². The van der Waals surface area contributed by atoms with Crippen LogP contribution in [0.15, 0.2) is 12.7 Å². The van der Waals surface area contributed by atoms with Crippen molar-refractivity contribution < 1.29 is 39.0 Å². The summed E-state index contributed by atoms with van der Waals surface area (Å²) in [4.78, 5) is 0.